The second-order valence-corrected chi connectivity index (χ2v) is 5.41. The van der Waals surface area contributed by atoms with Crippen molar-refractivity contribution in [1.82, 2.24) is 0 Å². The van der Waals surface area contributed by atoms with E-state index in [1.807, 2.05) is 13.8 Å². The predicted octanol–water partition coefficient (Wildman–Crippen LogP) is 6.74. The third kappa shape index (κ3) is 3.67. The average molecular weight is 362 g/mol. The highest BCUT2D eigenvalue weighted by Crippen LogP contribution is 2.56. The monoisotopic (exact) mass is 362 g/mol. The summed E-state index contributed by atoms with van der Waals surface area (Å²) >= 11 is 0. The first-order chi connectivity index (χ1) is 11.5. The molecule has 0 unspecified atom stereocenters. The van der Waals surface area contributed by atoms with Crippen molar-refractivity contribution in [3.05, 3.63) is 70.8 Å². The van der Waals surface area contributed by atoms with Crippen LogP contribution in [0.4, 0.5) is 26.3 Å². The number of halogens is 6. The lowest BCUT2D eigenvalue weighted by molar-refractivity contribution is -0.288. The van der Waals surface area contributed by atoms with E-state index in [4.69, 9.17) is 0 Å². The molecule has 0 nitrogen and oxygen atoms in total. The Bertz CT molecular complexity index is 669. The number of aryl methyl sites for hydroxylation is 2. The SMILES string of the molecule is CC.Cc1ccc(C(c2ccccc2)(C(F)(F)F)C(F)(F)F)cc1C. The van der Waals surface area contributed by atoms with E-state index in [1.54, 1.807) is 6.92 Å². The molecule has 138 valence electrons. The molecule has 0 fully saturated rings. The molecule has 0 aliphatic carbocycles. The fourth-order valence-electron chi connectivity index (χ4n) is 2.64. The van der Waals surface area contributed by atoms with Crippen molar-refractivity contribution in [3.8, 4) is 0 Å². The summed E-state index contributed by atoms with van der Waals surface area (Å²) in [6.07, 6.45) is -11.1. The zero-order valence-corrected chi connectivity index (χ0v) is 14.4. The summed E-state index contributed by atoms with van der Waals surface area (Å²) in [7, 11) is 0. The van der Waals surface area contributed by atoms with E-state index in [1.165, 1.54) is 31.2 Å². The third-order valence-electron chi connectivity index (χ3n) is 4.00. The Morgan fingerprint density at radius 1 is 0.600 bits per heavy atom. The number of benzene rings is 2. The van der Waals surface area contributed by atoms with Crippen molar-refractivity contribution < 1.29 is 26.3 Å². The maximum atomic E-state index is 13.8. The molecular formula is C19H20F6. The minimum atomic E-state index is -5.53. The molecule has 0 aromatic heterocycles. The molecule has 0 N–H and O–H groups in total. The summed E-state index contributed by atoms with van der Waals surface area (Å²) in [5, 5.41) is 0. The second-order valence-electron chi connectivity index (χ2n) is 5.41. The van der Waals surface area contributed by atoms with Crippen LogP contribution >= 0.6 is 0 Å². The van der Waals surface area contributed by atoms with Crippen LogP contribution in [-0.2, 0) is 5.41 Å². The van der Waals surface area contributed by atoms with Crippen LogP contribution in [0.5, 0.6) is 0 Å². The van der Waals surface area contributed by atoms with Crippen LogP contribution in [0.1, 0.15) is 36.1 Å². The zero-order valence-electron chi connectivity index (χ0n) is 14.4. The van der Waals surface area contributed by atoms with Crippen LogP contribution < -0.4 is 0 Å². The number of hydrogen-bond donors (Lipinski definition) is 0. The Labute approximate surface area is 143 Å². The van der Waals surface area contributed by atoms with Gasteiger partial charge in [0.1, 0.15) is 0 Å². The van der Waals surface area contributed by atoms with Gasteiger partial charge in [-0.15, -0.1) is 0 Å². The smallest absolute Gasteiger partial charge is 0.169 e. The van der Waals surface area contributed by atoms with E-state index in [-0.39, 0.29) is 0 Å². The Morgan fingerprint density at radius 3 is 1.48 bits per heavy atom. The molecule has 0 heterocycles. The van der Waals surface area contributed by atoms with Gasteiger partial charge in [0.05, 0.1) is 0 Å². The first-order valence-corrected chi connectivity index (χ1v) is 7.78. The highest BCUT2D eigenvalue weighted by atomic mass is 19.4. The molecule has 2 aromatic rings. The molecule has 2 aromatic carbocycles. The first kappa shape index (κ1) is 21.1. The van der Waals surface area contributed by atoms with Crippen LogP contribution in [0.3, 0.4) is 0 Å². The van der Waals surface area contributed by atoms with Crippen LogP contribution in [0.25, 0.3) is 0 Å². The summed E-state index contributed by atoms with van der Waals surface area (Å²) in [5.74, 6) is 0. The van der Waals surface area contributed by atoms with E-state index in [2.05, 4.69) is 0 Å². The first-order valence-electron chi connectivity index (χ1n) is 7.78. The lowest BCUT2D eigenvalue weighted by atomic mass is 9.72. The van der Waals surface area contributed by atoms with Gasteiger partial charge >= 0.3 is 12.4 Å². The Hall–Kier alpha value is -1.98. The van der Waals surface area contributed by atoms with Gasteiger partial charge in [-0.3, -0.25) is 0 Å². The fourth-order valence-corrected chi connectivity index (χ4v) is 2.64. The lowest BCUT2D eigenvalue weighted by Crippen LogP contribution is -2.54. The normalized spacial score (nSPS) is 12.4. The fraction of sp³-hybridized carbons (Fsp3) is 0.368. The largest absolute Gasteiger partial charge is 0.411 e. The molecule has 0 saturated heterocycles. The zero-order chi connectivity index (χ0) is 19.5. The minimum Gasteiger partial charge on any atom is -0.169 e. The molecule has 0 atom stereocenters. The van der Waals surface area contributed by atoms with Crippen molar-refractivity contribution >= 4 is 0 Å². The van der Waals surface area contributed by atoms with Gasteiger partial charge in [0, 0.05) is 0 Å². The van der Waals surface area contributed by atoms with Gasteiger partial charge in [-0.2, -0.15) is 26.3 Å². The van der Waals surface area contributed by atoms with E-state index in [0.717, 1.165) is 24.3 Å². The van der Waals surface area contributed by atoms with Gasteiger partial charge in [0.15, 0.2) is 0 Å². The molecule has 0 aliphatic heterocycles. The summed E-state index contributed by atoms with van der Waals surface area (Å²) in [6, 6.07) is 8.57. The molecule has 0 aliphatic rings. The maximum absolute atomic E-state index is 13.8. The van der Waals surface area contributed by atoms with Gasteiger partial charge in [0.25, 0.3) is 0 Å². The second kappa shape index (κ2) is 7.50. The molecule has 0 bridgehead atoms. The predicted molar refractivity (Wildman–Crippen MR) is 86.6 cm³/mol. The van der Waals surface area contributed by atoms with Crippen LogP contribution in [0.15, 0.2) is 48.5 Å². The molecule has 6 heteroatoms. The van der Waals surface area contributed by atoms with E-state index in [9.17, 15) is 26.3 Å². The van der Waals surface area contributed by atoms with Gasteiger partial charge in [-0.25, -0.2) is 0 Å². The molecule has 0 saturated carbocycles. The lowest BCUT2D eigenvalue weighted by Gasteiger charge is -2.38. The standard InChI is InChI=1S/C17H14F6.C2H6/c1-11-8-9-14(10-12(11)2)15(16(18,19)20,17(21,22)23)13-6-4-3-5-7-13;1-2/h3-10H,1-2H3;1-2H3. The van der Waals surface area contributed by atoms with Crippen molar-refractivity contribution in [2.24, 2.45) is 0 Å². The molecule has 2 rings (SSSR count). The molecular weight excluding hydrogens is 342 g/mol. The molecule has 25 heavy (non-hydrogen) atoms. The van der Waals surface area contributed by atoms with Gasteiger partial charge in [-0.1, -0.05) is 62.4 Å². The van der Waals surface area contributed by atoms with Gasteiger partial charge < -0.3 is 0 Å². The minimum absolute atomic E-state index is 0.372. The van der Waals surface area contributed by atoms with Crippen molar-refractivity contribution in [1.29, 1.82) is 0 Å². The summed E-state index contributed by atoms with van der Waals surface area (Å²) < 4.78 is 82.5. The summed E-state index contributed by atoms with van der Waals surface area (Å²) in [5.41, 5.74) is -4.73. The molecule has 0 amide bonds. The van der Waals surface area contributed by atoms with E-state index < -0.39 is 28.9 Å². The van der Waals surface area contributed by atoms with Crippen molar-refractivity contribution in [2.75, 3.05) is 0 Å². The number of alkyl halides is 6. The molecule has 0 radical (unpaired) electrons. The summed E-state index contributed by atoms with van der Waals surface area (Å²) in [6.45, 7) is 7.12. The highest BCUT2D eigenvalue weighted by molar-refractivity contribution is 5.46. The van der Waals surface area contributed by atoms with Gasteiger partial charge in [0.2, 0.25) is 5.41 Å². The Kier molecular flexibility index (Phi) is 6.32. The maximum Gasteiger partial charge on any atom is 0.411 e. The van der Waals surface area contributed by atoms with Crippen LogP contribution in [0.2, 0.25) is 0 Å². The number of hydrogen-bond acceptors (Lipinski definition) is 0. The average Bonchev–Trinajstić information content (AvgIpc) is 2.52. The number of rotatable bonds is 2. The van der Waals surface area contributed by atoms with Crippen LogP contribution in [-0.4, -0.2) is 12.4 Å². The van der Waals surface area contributed by atoms with E-state index in [0.29, 0.717) is 11.1 Å². The highest BCUT2D eigenvalue weighted by Gasteiger charge is 2.72. The molecule has 0 spiro atoms. The Balaban J connectivity index is 0.00000151. The summed E-state index contributed by atoms with van der Waals surface area (Å²) in [4.78, 5) is 0. The van der Waals surface area contributed by atoms with Crippen molar-refractivity contribution in [2.45, 2.75) is 45.5 Å². The Morgan fingerprint density at radius 2 is 1.08 bits per heavy atom. The third-order valence-corrected chi connectivity index (χ3v) is 4.00. The van der Waals surface area contributed by atoms with Crippen molar-refractivity contribution in [3.63, 3.8) is 0 Å². The van der Waals surface area contributed by atoms with Gasteiger partial charge in [-0.05, 0) is 36.1 Å². The van der Waals surface area contributed by atoms with Crippen LogP contribution in [0, 0.1) is 13.8 Å². The van der Waals surface area contributed by atoms with E-state index >= 15 is 0 Å². The quantitative estimate of drug-likeness (QED) is 0.519. The topological polar surface area (TPSA) is 0 Å².